The highest BCUT2D eigenvalue weighted by atomic mass is 16.3. The molecule has 0 saturated carbocycles. The van der Waals surface area contributed by atoms with E-state index in [0.29, 0.717) is 0 Å². The van der Waals surface area contributed by atoms with Crippen LogP contribution in [0.4, 0.5) is 51.2 Å². The maximum Gasteiger partial charge on any atom is 0.342 e. The Bertz CT molecular complexity index is 3150. The number of nitrogens with zero attached hydrogens (tertiary/aromatic N) is 3. The Labute approximate surface area is 403 Å². The molecule has 0 radical (unpaired) electrons. The maximum absolute atomic E-state index is 7.56. The number of hydrogen-bond donors (Lipinski definition) is 0. The summed E-state index contributed by atoms with van der Waals surface area (Å²) in [5.41, 5.74) is 18.9. The van der Waals surface area contributed by atoms with Gasteiger partial charge in [-0.25, -0.2) is 0 Å². The van der Waals surface area contributed by atoms with E-state index in [1.807, 2.05) is 0 Å². The lowest BCUT2D eigenvalue weighted by molar-refractivity contribution is 0.566. The third-order valence-corrected chi connectivity index (χ3v) is 14.2. The minimum Gasteiger partial charge on any atom is -0.468 e. The van der Waals surface area contributed by atoms with Gasteiger partial charge in [0.25, 0.3) is 0 Å². The Morgan fingerprint density at radius 1 is 0.397 bits per heavy atom. The van der Waals surface area contributed by atoms with Crippen LogP contribution in [0.5, 0.6) is 0 Å². The Morgan fingerprint density at radius 2 is 0.779 bits per heavy atom. The average Bonchev–Trinajstić information content (AvgIpc) is 3.88. The van der Waals surface area contributed by atoms with Gasteiger partial charge in [-0.3, -0.25) is 0 Å². The van der Waals surface area contributed by atoms with Gasteiger partial charge in [-0.1, -0.05) is 168 Å². The quantitative estimate of drug-likeness (QED) is 0.161. The summed E-state index contributed by atoms with van der Waals surface area (Å²) in [6, 6.07) is 58.1. The molecule has 2 aromatic heterocycles. The number of hydrogen-bond acceptors (Lipinski definition) is 5. The SMILES string of the molecule is CC(C)(C)c1ccc(N2c3cc(N(c4ccccc4)c4ccccc4)cc4c3B(c3oc5c(C(C)(C)C)cccc5c32)c2oc3c(C(C)(C)C)cccc3c2N4c2ccc(C(C)(C)C)cc2)cc1. The van der Waals surface area contributed by atoms with Crippen LogP contribution in [0.25, 0.3) is 21.9 Å². The highest BCUT2D eigenvalue weighted by Crippen LogP contribution is 2.52. The lowest BCUT2D eigenvalue weighted by atomic mass is 9.37. The van der Waals surface area contributed by atoms with E-state index in [1.54, 1.807) is 0 Å². The Balaban J connectivity index is 1.32. The summed E-state index contributed by atoms with van der Waals surface area (Å²) in [6.45, 7) is 27.0. The van der Waals surface area contributed by atoms with E-state index < -0.39 is 0 Å². The largest absolute Gasteiger partial charge is 0.468 e. The molecular weight excluding hydrogens is 830 g/mol. The molecule has 0 saturated heterocycles. The number of anilines is 9. The van der Waals surface area contributed by atoms with Crippen molar-refractivity contribution in [3.05, 3.63) is 180 Å². The van der Waals surface area contributed by atoms with Gasteiger partial charge in [0.1, 0.15) is 22.5 Å². The summed E-state index contributed by atoms with van der Waals surface area (Å²) in [5, 5.41) is 2.17. The number of para-hydroxylation sites is 4. The fourth-order valence-electron chi connectivity index (χ4n) is 10.7. The maximum atomic E-state index is 7.56. The van der Waals surface area contributed by atoms with E-state index >= 15 is 0 Å². The fraction of sp³-hybridized carbons (Fsp3) is 0.258. The second-order valence-electron chi connectivity index (χ2n) is 23.1. The standard InChI is InChI=1S/C62H62BN3O2/c1-59(2,3)39-29-33-43(34-30-39)65-50-37-45(64(41-21-15-13-16-22-41)42-23-17-14-18-24-42)38-51-52(50)63(57-53(65)46-25-19-27-48(55(46)67-57)61(7,8)9)58-54(47-26-20-28-49(56(47)68-58)62(10,11)12)66(51)44-35-31-40(32-36-44)60(4,5)6/h13-38H,1-12H3. The molecule has 0 aliphatic carbocycles. The van der Waals surface area contributed by atoms with Gasteiger partial charge in [0.15, 0.2) is 0 Å². The Kier molecular flexibility index (Phi) is 9.82. The van der Waals surface area contributed by atoms with Crippen LogP contribution in [0.15, 0.2) is 167 Å². The van der Waals surface area contributed by atoms with Crippen LogP contribution >= 0.6 is 0 Å². The highest BCUT2D eigenvalue weighted by Gasteiger charge is 2.51. The number of benzene rings is 7. The molecule has 11 rings (SSSR count). The molecule has 2 aliphatic rings. The topological polar surface area (TPSA) is 36.0 Å². The van der Waals surface area contributed by atoms with E-state index in [0.717, 1.165) is 89.9 Å². The minimum atomic E-state index is -0.364. The van der Waals surface area contributed by atoms with Crippen LogP contribution in [-0.2, 0) is 21.7 Å². The molecule has 2 aliphatic heterocycles. The second-order valence-corrected chi connectivity index (χ2v) is 23.1. The zero-order valence-corrected chi connectivity index (χ0v) is 41.7. The predicted octanol–water partition coefficient (Wildman–Crippen LogP) is 15.9. The van der Waals surface area contributed by atoms with Crippen LogP contribution < -0.4 is 31.5 Å². The van der Waals surface area contributed by atoms with Gasteiger partial charge in [-0.05, 0) is 111 Å². The Morgan fingerprint density at radius 3 is 1.13 bits per heavy atom. The highest BCUT2D eigenvalue weighted by molar-refractivity contribution is 6.99. The molecule has 0 bridgehead atoms. The molecule has 0 N–H and O–H groups in total. The van der Waals surface area contributed by atoms with Gasteiger partial charge in [-0.15, -0.1) is 0 Å². The molecule has 4 heterocycles. The summed E-state index contributed by atoms with van der Waals surface area (Å²) in [4.78, 5) is 7.37. The van der Waals surface area contributed by atoms with E-state index in [-0.39, 0.29) is 28.4 Å². The molecule has 340 valence electrons. The van der Waals surface area contributed by atoms with Crippen LogP contribution in [0.1, 0.15) is 105 Å². The molecule has 0 spiro atoms. The van der Waals surface area contributed by atoms with Crippen molar-refractivity contribution in [2.24, 2.45) is 0 Å². The van der Waals surface area contributed by atoms with Crippen molar-refractivity contribution in [1.82, 2.24) is 0 Å². The molecule has 6 heteroatoms. The summed E-state index contributed by atoms with van der Waals surface area (Å²) in [6.07, 6.45) is 0. The van der Waals surface area contributed by atoms with E-state index in [9.17, 15) is 0 Å². The first-order valence-corrected chi connectivity index (χ1v) is 24.3. The second kappa shape index (κ2) is 15.3. The molecule has 7 aromatic carbocycles. The van der Waals surface area contributed by atoms with Crippen molar-refractivity contribution in [2.75, 3.05) is 14.7 Å². The van der Waals surface area contributed by atoms with Crippen LogP contribution in [0.2, 0.25) is 0 Å². The van der Waals surface area contributed by atoms with Gasteiger partial charge in [0.05, 0.1) is 17.1 Å². The fourth-order valence-corrected chi connectivity index (χ4v) is 10.7. The van der Waals surface area contributed by atoms with E-state index in [2.05, 4.69) is 256 Å². The lowest BCUT2D eigenvalue weighted by Crippen LogP contribution is -2.60. The van der Waals surface area contributed by atoms with Gasteiger partial charge in [-0.2, -0.15) is 0 Å². The average molecular weight is 892 g/mol. The van der Waals surface area contributed by atoms with Gasteiger partial charge in [0, 0.05) is 56.0 Å². The lowest BCUT2D eigenvalue weighted by Gasteiger charge is -2.42. The predicted molar refractivity (Wildman–Crippen MR) is 289 cm³/mol. The number of rotatable bonds is 5. The molecule has 9 aromatic rings. The first-order chi connectivity index (χ1) is 32.3. The third-order valence-electron chi connectivity index (χ3n) is 14.2. The molecule has 0 atom stereocenters. The monoisotopic (exact) mass is 891 g/mol. The molecule has 68 heavy (non-hydrogen) atoms. The zero-order chi connectivity index (χ0) is 47.7. The van der Waals surface area contributed by atoms with Crippen molar-refractivity contribution in [3.63, 3.8) is 0 Å². The van der Waals surface area contributed by atoms with E-state index in [4.69, 9.17) is 8.83 Å². The molecular formula is C62H62BN3O2. The third kappa shape index (κ3) is 6.97. The zero-order valence-electron chi connectivity index (χ0n) is 41.7. The summed E-state index contributed by atoms with van der Waals surface area (Å²) in [5.74, 6) is 0. The molecule has 0 fully saturated rings. The molecule has 0 unspecified atom stereocenters. The van der Waals surface area contributed by atoms with Crippen molar-refractivity contribution < 1.29 is 8.83 Å². The number of fused-ring (bicyclic) bond motifs is 8. The summed E-state index contributed by atoms with van der Waals surface area (Å²) < 4.78 is 15.1. The molecule has 5 nitrogen and oxygen atoms in total. The van der Waals surface area contributed by atoms with Gasteiger partial charge in [0.2, 0.25) is 0 Å². The van der Waals surface area contributed by atoms with Crippen molar-refractivity contribution in [3.8, 4) is 0 Å². The van der Waals surface area contributed by atoms with Crippen molar-refractivity contribution in [1.29, 1.82) is 0 Å². The number of furan rings is 2. The summed E-state index contributed by atoms with van der Waals surface area (Å²) >= 11 is 0. The minimum absolute atomic E-state index is 0.0157. The van der Waals surface area contributed by atoms with Crippen molar-refractivity contribution in [2.45, 2.75) is 105 Å². The van der Waals surface area contributed by atoms with Crippen LogP contribution in [-0.4, -0.2) is 6.71 Å². The normalized spacial score (nSPS) is 13.8. The van der Waals surface area contributed by atoms with Crippen LogP contribution in [0.3, 0.4) is 0 Å². The summed E-state index contributed by atoms with van der Waals surface area (Å²) in [7, 11) is 0. The first-order valence-electron chi connectivity index (χ1n) is 24.3. The first kappa shape index (κ1) is 43.6. The van der Waals surface area contributed by atoms with E-state index in [1.165, 1.54) is 22.3 Å². The molecule has 0 amide bonds. The smallest absolute Gasteiger partial charge is 0.342 e. The van der Waals surface area contributed by atoms with Crippen LogP contribution in [0, 0.1) is 0 Å². The van der Waals surface area contributed by atoms with Crippen molar-refractivity contribution >= 4 is 96.6 Å². The van der Waals surface area contributed by atoms with Gasteiger partial charge >= 0.3 is 6.71 Å². The van der Waals surface area contributed by atoms with Gasteiger partial charge < -0.3 is 23.5 Å². The Hall–Kier alpha value is -6.92.